The van der Waals surface area contributed by atoms with E-state index in [9.17, 15) is 17.6 Å². The molecule has 0 unspecified atom stereocenters. The lowest BCUT2D eigenvalue weighted by Crippen LogP contribution is -2.41. The molecule has 140 valence electrons. The number of sulfonamides is 1. The molecule has 0 atom stereocenters. The molecule has 0 saturated heterocycles. The van der Waals surface area contributed by atoms with E-state index in [1.165, 1.54) is 36.0 Å². The van der Waals surface area contributed by atoms with E-state index in [1.807, 2.05) is 6.92 Å². The van der Waals surface area contributed by atoms with Crippen molar-refractivity contribution in [1.29, 1.82) is 0 Å². The van der Waals surface area contributed by atoms with Gasteiger partial charge in [-0.15, -0.1) is 16.6 Å². The zero-order valence-electron chi connectivity index (χ0n) is 14.1. The predicted octanol–water partition coefficient (Wildman–Crippen LogP) is 2.72. The Morgan fingerprint density at radius 2 is 1.77 bits per heavy atom. The van der Waals surface area contributed by atoms with Gasteiger partial charge in [0.05, 0.1) is 11.5 Å². The third-order valence-corrected chi connectivity index (χ3v) is 5.46. The van der Waals surface area contributed by atoms with Crippen LogP contribution in [0.3, 0.4) is 0 Å². The predicted molar refractivity (Wildman–Crippen MR) is 97.8 cm³/mol. The number of benzene rings is 2. The fraction of sp³-hybridized carbons (Fsp3) is 0.235. The van der Waals surface area contributed by atoms with Crippen molar-refractivity contribution in [1.82, 2.24) is 10.3 Å². The molecule has 1 amide bonds. The number of hydrazine groups is 1. The number of carbonyl (C=O) groups excluding carboxylic acids is 1. The van der Waals surface area contributed by atoms with Gasteiger partial charge in [-0.1, -0.05) is 0 Å². The highest BCUT2D eigenvalue weighted by atomic mass is 32.2. The van der Waals surface area contributed by atoms with Crippen LogP contribution in [0.4, 0.5) is 4.39 Å². The number of rotatable bonds is 9. The molecule has 0 spiro atoms. The summed E-state index contributed by atoms with van der Waals surface area (Å²) in [7, 11) is -3.85. The second kappa shape index (κ2) is 9.56. The van der Waals surface area contributed by atoms with Crippen LogP contribution in [0.15, 0.2) is 58.3 Å². The fourth-order valence-electron chi connectivity index (χ4n) is 1.92. The minimum Gasteiger partial charge on any atom is -0.494 e. The highest BCUT2D eigenvalue weighted by molar-refractivity contribution is 7.99. The normalized spacial score (nSPS) is 11.2. The van der Waals surface area contributed by atoms with Gasteiger partial charge in [0.15, 0.2) is 0 Å². The molecule has 0 aliphatic carbocycles. The summed E-state index contributed by atoms with van der Waals surface area (Å²) < 4.78 is 42.3. The Morgan fingerprint density at radius 1 is 1.12 bits per heavy atom. The van der Waals surface area contributed by atoms with E-state index in [-0.39, 0.29) is 17.1 Å². The lowest BCUT2D eigenvalue weighted by atomic mass is 10.3. The summed E-state index contributed by atoms with van der Waals surface area (Å²) in [6, 6.07) is 11.8. The maximum atomic E-state index is 12.8. The highest BCUT2D eigenvalue weighted by Gasteiger charge is 2.15. The van der Waals surface area contributed by atoms with Gasteiger partial charge in [0.2, 0.25) is 5.91 Å². The Hall–Kier alpha value is -2.10. The molecule has 26 heavy (non-hydrogen) atoms. The van der Waals surface area contributed by atoms with Crippen LogP contribution in [0.1, 0.15) is 13.3 Å². The molecular weight excluding hydrogens is 379 g/mol. The van der Waals surface area contributed by atoms with E-state index >= 15 is 0 Å². The third kappa shape index (κ3) is 6.32. The third-order valence-electron chi connectivity index (χ3n) is 3.18. The summed E-state index contributed by atoms with van der Waals surface area (Å²) in [4.78, 5) is 14.7. The van der Waals surface area contributed by atoms with Gasteiger partial charge < -0.3 is 4.74 Å². The van der Waals surface area contributed by atoms with Gasteiger partial charge in [-0.3, -0.25) is 10.2 Å². The van der Waals surface area contributed by atoms with Crippen molar-refractivity contribution in [3.05, 3.63) is 54.3 Å². The Morgan fingerprint density at radius 3 is 2.38 bits per heavy atom. The van der Waals surface area contributed by atoms with Gasteiger partial charge >= 0.3 is 0 Å². The van der Waals surface area contributed by atoms with E-state index < -0.39 is 15.9 Å². The van der Waals surface area contributed by atoms with Crippen molar-refractivity contribution >= 4 is 27.7 Å². The molecule has 2 aromatic rings. The van der Waals surface area contributed by atoms with Crippen molar-refractivity contribution in [2.24, 2.45) is 0 Å². The van der Waals surface area contributed by atoms with Crippen LogP contribution in [-0.4, -0.2) is 26.7 Å². The summed E-state index contributed by atoms with van der Waals surface area (Å²) in [5.74, 6) is 0.209. The number of carbonyl (C=O) groups is 1. The van der Waals surface area contributed by atoms with Crippen molar-refractivity contribution in [2.45, 2.75) is 23.1 Å². The molecule has 2 rings (SSSR count). The molecule has 0 aliphatic heterocycles. The molecule has 0 heterocycles. The Kier molecular flexibility index (Phi) is 7.43. The Labute approximate surface area is 156 Å². The molecular formula is C17H19FN2O4S2. The molecule has 2 aromatic carbocycles. The minimum atomic E-state index is -3.85. The number of hydrogen-bond acceptors (Lipinski definition) is 5. The maximum Gasteiger partial charge on any atom is 0.257 e. The SMILES string of the molecule is CCOc1ccc(S(=O)(=O)NNC(=O)CCSc2ccc(F)cc2)cc1. The number of ether oxygens (including phenoxy) is 1. The van der Waals surface area contributed by atoms with E-state index in [0.717, 1.165) is 4.90 Å². The summed E-state index contributed by atoms with van der Waals surface area (Å²) >= 11 is 1.37. The largest absolute Gasteiger partial charge is 0.494 e. The first-order chi connectivity index (χ1) is 12.4. The van der Waals surface area contributed by atoms with Crippen molar-refractivity contribution < 1.29 is 22.3 Å². The quantitative estimate of drug-likeness (QED) is 0.501. The number of hydrogen-bond donors (Lipinski definition) is 2. The molecule has 0 bridgehead atoms. The summed E-state index contributed by atoms with van der Waals surface area (Å²) in [5, 5.41) is 0. The van der Waals surface area contributed by atoms with Crippen LogP contribution in [0.25, 0.3) is 0 Å². The fourth-order valence-corrected chi connectivity index (χ4v) is 3.63. The zero-order chi connectivity index (χ0) is 19.0. The van der Waals surface area contributed by atoms with Gasteiger partial charge in [0.1, 0.15) is 11.6 Å². The standard InChI is InChI=1S/C17H19FN2O4S2/c1-2-24-14-5-9-16(10-6-14)26(22,23)20-19-17(21)11-12-25-15-7-3-13(18)4-8-15/h3-10,20H,2,11-12H2,1H3,(H,19,21). The Bertz CT molecular complexity index is 825. The lowest BCUT2D eigenvalue weighted by Gasteiger charge is -2.09. The summed E-state index contributed by atoms with van der Waals surface area (Å²) in [5.41, 5.74) is 2.18. The molecule has 0 aliphatic rings. The van der Waals surface area contributed by atoms with Crippen LogP contribution < -0.4 is 15.0 Å². The van der Waals surface area contributed by atoms with Crippen molar-refractivity contribution in [3.8, 4) is 5.75 Å². The molecule has 0 saturated carbocycles. The van der Waals surface area contributed by atoms with Gasteiger partial charge in [-0.05, 0) is 55.5 Å². The Balaban J connectivity index is 1.78. The van der Waals surface area contributed by atoms with E-state index in [1.54, 1.807) is 24.3 Å². The number of nitrogens with one attached hydrogen (secondary N) is 2. The topological polar surface area (TPSA) is 84.5 Å². The molecule has 2 N–H and O–H groups in total. The average Bonchev–Trinajstić information content (AvgIpc) is 2.63. The molecule has 6 nitrogen and oxygen atoms in total. The van der Waals surface area contributed by atoms with Gasteiger partial charge in [0, 0.05) is 17.1 Å². The number of amides is 1. The van der Waals surface area contributed by atoms with E-state index in [0.29, 0.717) is 18.1 Å². The van der Waals surface area contributed by atoms with Crippen LogP contribution in [0, 0.1) is 5.82 Å². The summed E-state index contributed by atoms with van der Waals surface area (Å²) in [6.07, 6.45) is 0.105. The molecule has 0 radical (unpaired) electrons. The number of thioether (sulfide) groups is 1. The maximum absolute atomic E-state index is 12.8. The van der Waals surface area contributed by atoms with Gasteiger partial charge in [-0.25, -0.2) is 12.8 Å². The molecule has 0 aromatic heterocycles. The van der Waals surface area contributed by atoms with Crippen molar-refractivity contribution in [2.75, 3.05) is 12.4 Å². The lowest BCUT2D eigenvalue weighted by molar-refractivity contribution is -0.121. The first-order valence-electron chi connectivity index (χ1n) is 7.82. The van der Waals surface area contributed by atoms with E-state index in [4.69, 9.17) is 4.74 Å². The zero-order valence-corrected chi connectivity index (χ0v) is 15.7. The minimum absolute atomic E-state index is 0.0157. The monoisotopic (exact) mass is 398 g/mol. The smallest absolute Gasteiger partial charge is 0.257 e. The summed E-state index contributed by atoms with van der Waals surface area (Å²) in [6.45, 7) is 2.31. The number of halogens is 1. The molecule has 9 heteroatoms. The molecule has 0 fully saturated rings. The van der Waals surface area contributed by atoms with E-state index in [2.05, 4.69) is 10.3 Å². The first kappa shape index (κ1) is 20.2. The first-order valence-corrected chi connectivity index (χ1v) is 10.3. The van der Waals surface area contributed by atoms with Gasteiger partial charge in [-0.2, -0.15) is 0 Å². The van der Waals surface area contributed by atoms with Crippen LogP contribution >= 0.6 is 11.8 Å². The van der Waals surface area contributed by atoms with Crippen molar-refractivity contribution in [3.63, 3.8) is 0 Å². The average molecular weight is 398 g/mol. The van der Waals surface area contributed by atoms with Gasteiger partial charge in [0.25, 0.3) is 10.0 Å². The van der Waals surface area contributed by atoms with Crippen LogP contribution in [0.5, 0.6) is 5.75 Å². The second-order valence-corrected chi connectivity index (χ2v) is 7.96. The van der Waals surface area contributed by atoms with Crippen LogP contribution in [0.2, 0.25) is 0 Å². The van der Waals surface area contributed by atoms with Crippen LogP contribution in [-0.2, 0) is 14.8 Å². The second-order valence-electron chi connectivity index (χ2n) is 5.11. The highest BCUT2D eigenvalue weighted by Crippen LogP contribution is 2.19.